The summed E-state index contributed by atoms with van der Waals surface area (Å²) in [5.41, 5.74) is 5.37. The van der Waals surface area contributed by atoms with E-state index in [1.54, 1.807) is 13.2 Å². The van der Waals surface area contributed by atoms with Gasteiger partial charge in [-0.25, -0.2) is 5.43 Å². The van der Waals surface area contributed by atoms with E-state index < -0.39 is 0 Å². The molecule has 0 spiro atoms. The highest BCUT2D eigenvalue weighted by Gasteiger charge is 2.09. The summed E-state index contributed by atoms with van der Waals surface area (Å²) in [7, 11) is 1.57. The highest BCUT2D eigenvalue weighted by atomic mass is 16.5. The van der Waals surface area contributed by atoms with Crippen LogP contribution < -0.4 is 19.6 Å². The molecule has 0 fully saturated rings. The number of amides is 1. The summed E-state index contributed by atoms with van der Waals surface area (Å²) in [5.74, 6) is 1.43. The summed E-state index contributed by atoms with van der Waals surface area (Å²) in [6.07, 6.45) is 1.51. The van der Waals surface area contributed by atoms with Crippen LogP contribution in [0.1, 0.15) is 12.5 Å². The molecule has 3 aromatic carbocycles. The minimum Gasteiger partial charge on any atom is -0.493 e. The molecule has 30 heavy (non-hydrogen) atoms. The molecule has 0 saturated heterocycles. The average molecular weight is 404 g/mol. The van der Waals surface area contributed by atoms with Crippen LogP contribution in [0.3, 0.4) is 0 Å². The number of benzene rings is 3. The van der Waals surface area contributed by atoms with Crippen LogP contribution in [0.2, 0.25) is 0 Å². The summed E-state index contributed by atoms with van der Waals surface area (Å²) in [5, 5.41) is 3.99. The fourth-order valence-corrected chi connectivity index (χ4v) is 2.82. The lowest BCUT2D eigenvalue weighted by molar-refractivity contribution is -0.123. The molecule has 0 saturated carbocycles. The van der Waals surface area contributed by atoms with Crippen molar-refractivity contribution in [3.8, 4) is 28.4 Å². The number of nitrogens with one attached hydrogen (secondary N) is 1. The third kappa shape index (κ3) is 5.61. The maximum Gasteiger partial charge on any atom is 0.277 e. The topological polar surface area (TPSA) is 69.2 Å². The molecule has 154 valence electrons. The third-order valence-corrected chi connectivity index (χ3v) is 4.24. The first-order chi connectivity index (χ1) is 14.7. The number of rotatable bonds is 9. The molecule has 0 bridgehead atoms. The fraction of sp³-hybridized carbons (Fsp3) is 0.167. The number of hydrazone groups is 1. The molecule has 0 aliphatic carbocycles. The third-order valence-electron chi connectivity index (χ3n) is 4.24. The van der Waals surface area contributed by atoms with Gasteiger partial charge in [-0.3, -0.25) is 4.79 Å². The zero-order chi connectivity index (χ0) is 21.2. The van der Waals surface area contributed by atoms with Gasteiger partial charge in [0.1, 0.15) is 5.75 Å². The Hall–Kier alpha value is -3.80. The van der Waals surface area contributed by atoms with Gasteiger partial charge in [-0.1, -0.05) is 48.5 Å². The Labute approximate surface area is 176 Å². The number of carbonyl (C=O) groups excluding carboxylic acids is 1. The first-order valence-electron chi connectivity index (χ1n) is 9.61. The minimum absolute atomic E-state index is 0.140. The van der Waals surface area contributed by atoms with Crippen molar-refractivity contribution in [1.29, 1.82) is 0 Å². The second-order valence-electron chi connectivity index (χ2n) is 6.28. The van der Waals surface area contributed by atoms with Gasteiger partial charge < -0.3 is 14.2 Å². The molecule has 6 heteroatoms. The molecule has 0 radical (unpaired) electrons. The van der Waals surface area contributed by atoms with E-state index in [-0.39, 0.29) is 12.5 Å². The Kier molecular flexibility index (Phi) is 7.44. The molecular formula is C24H24N2O4. The van der Waals surface area contributed by atoms with E-state index in [0.29, 0.717) is 29.4 Å². The molecule has 0 atom stereocenters. The summed E-state index contributed by atoms with van der Waals surface area (Å²) in [4.78, 5) is 12.0. The molecule has 0 aliphatic heterocycles. The number of nitrogens with zero attached hydrogens (tertiary/aromatic N) is 1. The lowest BCUT2D eigenvalue weighted by atomic mass is 10.1. The average Bonchev–Trinajstić information content (AvgIpc) is 2.79. The first-order valence-corrected chi connectivity index (χ1v) is 9.61. The van der Waals surface area contributed by atoms with Gasteiger partial charge in [0.2, 0.25) is 0 Å². The van der Waals surface area contributed by atoms with Gasteiger partial charge in [-0.15, -0.1) is 0 Å². The standard InChI is InChI=1S/C24H24N2O4/c1-3-29-24-20(10-7-11-22(24)28-2)16-25-26-23(27)17-30-21-14-12-19(13-15-21)18-8-5-4-6-9-18/h4-16H,3,17H2,1-2H3,(H,26,27)/b25-16+. The van der Waals surface area contributed by atoms with E-state index in [9.17, 15) is 4.79 Å². The van der Waals surface area contributed by atoms with Crippen LogP contribution in [0.5, 0.6) is 17.2 Å². The van der Waals surface area contributed by atoms with Crippen LogP contribution in [0.15, 0.2) is 77.9 Å². The van der Waals surface area contributed by atoms with E-state index in [2.05, 4.69) is 10.5 Å². The zero-order valence-electron chi connectivity index (χ0n) is 17.0. The minimum atomic E-state index is -0.362. The number of ether oxygens (including phenoxy) is 3. The lowest BCUT2D eigenvalue weighted by Gasteiger charge is -2.11. The van der Waals surface area contributed by atoms with Gasteiger partial charge in [0.25, 0.3) is 5.91 Å². The Balaban J connectivity index is 1.53. The van der Waals surface area contributed by atoms with Crippen molar-refractivity contribution < 1.29 is 19.0 Å². The van der Waals surface area contributed by atoms with Gasteiger partial charge >= 0.3 is 0 Å². The van der Waals surface area contributed by atoms with Crippen molar-refractivity contribution >= 4 is 12.1 Å². The largest absolute Gasteiger partial charge is 0.493 e. The van der Waals surface area contributed by atoms with Gasteiger partial charge in [0.05, 0.1) is 19.9 Å². The van der Waals surface area contributed by atoms with Crippen molar-refractivity contribution in [3.05, 3.63) is 78.4 Å². The summed E-state index contributed by atoms with van der Waals surface area (Å²) < 4.78 is 16.4. The highest BCUT2D eigenvalue weighted by Crippen LogP contribution is 2.29. The van der Waals surface area contributed by atoms with Crippen molar-refractivity contribution in [2.45, 2.75) is 6.92 Å². The van der Waals surface area contributed by atoms with E-state index in [4.69, 9.17) is 14.2 Å². The monoisotopic (exact) mass is 404 g/mol. The molecule has 1 amide bonds. The smallest absolute Gasteiger partial charge is 0.277 e. The van der Waals surface area contributed by atoms with Gasteiger partial charge in [0, 0.05) is 5.56 Å². The predicted molar refractivity (Wildman–Crippen MR) is 117 cm³/mol. The van der Waals surface area contributed by atoms with Crippen LogP contribution in [0, 0.1) is 0 Å². The van der Waals surface area contributed by atoms with Crippen LogP contribution in [-0.4, -0.2) is 32.4 Å². The normalized spacial score (nSPS) is 10.6. The van der Waals surface area contributed by atoms with Gasteiger partial charge in [-0.05, 0) is 42.3 Å². The van der Waals surface area contributed by atoms with Crippen LogP contribution >= 0.6 is 0 Å². The second kappa shape index (κ2) is 10.7. The van der Waals surface area contributed by atoms with E-state index in [1.165, 1.54) is 6.21 Å². The molecule has 3 aromatic rings. The predicted octanol–water partition coefficient (Wildman–Crippen LogP) is 4.29. The fourth-order valence-electron chi connectivity index (χ4n) is 2.82. The second-order valence-corrected chi connectivity index (χ2v) is 6.28. The Bertz CT molecular complexity index is 986. The number of hydrogen-bond donors (Lipinski definition) is 1. The molecule has 6 nitrogen and oxygen atoms in total. The number of hydrogen-bond acceptors (Lipinski definition) is 5. The van der Waals surface area contributed by atoms with E-state index in [1.807, 2.05) is 73.7 Å². The molecule has 1 N–H and O–H groups in total. The van der Waals surface area contributed by atoms with Gasteiger partial charge in [-0.2, -0.15) is 5.10 Å². The van der Waals surface area contributed by atoms with Crippen molar-refractivity contribution in [3.63, 3.8) is 0 Å². The number of carbonyl (C=O) groups is 1. The molecule has 0 aliphatic rings. The summed E-state index contributed by atoms with van der Waals surface area (Å²) >= 11 is 0. The first kappa shape index (κ1) is 20.9. The van der Waals surface area contributed by atoms with E-state index in [0.717, 1.165) is 11.1 Å². The number of para-hydroxylation sites is 1. The molecule has 0 unspecified atom stereocenters. The molecule has 0 heterocycles. The van der Waals surface area contributed by atoms with Gasteiger partial charge in [0.15, 0.2) is 18.1 Å². The maximum absolute atomic E-state index is 12.0. The van der Waals surface area contributed by atoms with Crippen LogP contribution in [-0.2, 0) is 4.79 Å². The molecule has 3 rings (SSSR count). The van der Waals surface area contributed by atoms with E-state index >= 15 is 0 Å². The Morgan fingerprint density at radius 3 is 2.37 bits per heavy atom. The molecule has 0 aromatic heterocycles. The Morgan fingerprint density at radius 1 is 0.933 bits per heavy atom. The Morgan fingerprint density at radius 2 is 1.67 bits per heavy atom. The lowest BCUT2D eigenvalue weighted by Crippen LogP contribution is -2.24. The quantitative estimate of drug-likeness (QED) is 0.427. The zero-order valence-corrected chi connectivity index (χ0v) is 17.0. The highest BCUT2D eigenvalue weighted by molar-refractivity contribution is 5.86. The number of methoxy groups -OCH3 is 1. The van der Waals surface area contributed by atoms with Crippen LogP contribution in [0.4, 0.5) is 0 Å². The maximum atomic E-state index is 12.0. The summed E-state index contributed by atoms with van der Waals surface area (Å²) in [6.45, 7) is 2.24. The van der Waals surface area contributed by atoms with Crippen molar-refractivity contribution in [1.82, 2.24) is 5.43 Å². The van der Waals surface area contributed by atoms with Crippen molar-refractivity contribution in [2.24, 2.45) is 5.10 Å². The summed E-state index contributed by atoms with van der Waals surface area (Å²) in [6, 6.07) is 23.1. The molecular weight excluding hydrogens is 380 g/mol. The SMILES string of the molecule is CCOc1c(/C=N/NC(=O)COc2ccc(-c3ccccc3)cc2)cccc1OC. The van der Waals surface area contributed by atoms with Crippen molar-refractivity contribution in [2.75, 3.05) is 20.3 Å². The van der Waals surface area contributed by atoms with Crippen LogP contribution in [0.25, 0.3) is 11.1 Å².